The number of carbonyl (C=O) groups excluding carboxylic acids is 3. The molecule has 0 atom stereocenters. The standard InChI is InChI=1S/C23H22N2O7S/c1-13-17(29-2)10-15(11-18(13)30-3)21(26)24-6-7-25-22(27)20(33-23(25)28)9-14-4-5-16-19(8-14)32-12-31-16/h4-5,8-11H,6-7,12H2,1-3H3,(H,24,26)/b20-9-. The zero-order chi connectivity index (χ0) is 23.5. The van der Waals surface area contributed by atoms with E-state index in [4.69, 9.17) is 18.9 Å². The van der Waals surface area contributed by atoms with Gasteiger partial charge in [0.15, 0.2) is 11.5 Å². The van der Waals surface area contributed by atoms with E-state index in [0.717, 1.165) is 27.8 Å². The van der Waals surface area contributed by atoms with Crippen molar-refractivity contribution < 1.29 is 33.3 Å². The van der Waals surface area contributed by atoms with Crippen LogP contribution in [0.5, 0.6) is 23.0 Å². The van der Waals surface area contributed by atoms with Gasteiger partial charge in [0, 0.05) is 24.2 Å². The van der Waals surface area contributed by atoms with Gasteiger partial charge in [-0.15, -0.1) is 0 Å². The number of amides is 3. The molecule has 0 aliphatic carbocycles. The average molecular weight is 471 g/mol. The van der Waals surface area contributed by atoms with E-state index in [-0.39, 0.29) is 31.0 Å². The molecule has 2 aliphatic heterocycles. The van der Waals surface area contributed by atoms with Gasteiger partial charge in [0.25, 0.3) is 17.1 Å². The van der Waals surface area contributed by atoms with Crippen LogP contribution in [0.2, 0.25) is 0 Å². The van der Waals surface area contributed by atoms with Crippen LogP contribution in [0.4, 0.5) is 4.79 Å². The summed E-state index contributed by atoms with van der Waals surface area (Å²) in [6.07, 6.45) is 1.64. The van der Waals surface area contributed by atoms with Crippen LogP contribution in [0, 0.1) is 6.92 Å². The number of thioether (sulfide) groups is 1. The van der Waals surface area contributed by atoms with Crippen LogP contribution in [0.25, 0.3) is 6.08 Å². The molecular formula is C23H22N2O7S. The lowest BCUT2D eigenvalue weighted by molar-refractivity contribution is -0.122. The Morgan fingerprint density at radius 1 is 1.12 bits per heavy atom. The van der Waals surface area contributed by atoms with Crippen LogP contribution in [0.1, 0.15) is 21.5 Å². The summed E-state index contributed by atoms with van der Waals surface area (Å²) in [6.45, 7) is 2.14. The molecule has 2 aromatic rings. The van der Waals surface area contributed by atoms with E-state index in [1.54, 1.807) is 36.4 Å². The fraction of sp³-hybridized carbons (Fsp3) is 0.261. The molecule has 4 rings (SSSR count). The summed E-state index contributed by atoms with van der Waals surface area (Å²) in [4.78, 5) is 39.1. The molecular weight excluding hydrogens is 448 g/mol. The van der Waals surface area contributed by atoms with Crippen molar-refractivity contribution in [2.75, 3.05) is 34.1 Å². The minimum atomic E-state index is -0.407. The predicted molar refractivity (Wildman–Crippen MR) is 122 cm³/mol. The Morgan fingerprint density at radius 2 is 1.82 bits per heavy atom. The quantitative estimate of drug-likeness (QED) is 0.616. The van der Waals surface area contributed by atoms with Crippen molar-refractivity contribution in [3.05, 3.63) is 51.9 Å². The Labute approximate surface area is 194 Å². The Morgan fingerprint density at radius 3 is 2.52 bits per heavy atom. The third-order valence-electron chi connectivity index (χ3n) is 5.20. The summed E-state index contributed by atoms with van der Waals surface area (Å²) in [7, 11) is 3.03. The number of fused-ring (bicyclic) bond motifs is 1. The van der Waals surface area contributed by atoms with Gasteiger partial charge in [0.05, 0.1) is 19.1 Å². The van der Waals surface area contributed by atoms with Gasteiger partial charge >= 0.3 is 0 Å². The van der Waals surface area contributed by atoms with Gasteiger partial charge in [-0.25, -0.2) is 0 Å². The number of imide groups is 1. The predicted octanol–water partition coefficient (Wildman–Crippen LogP) is 3.21. The van der Waals surface area contributed by atoms with Crippen molar-refractivity contribution >= 4 is 34.9 Å². The maximum atomic E-state index is 12.7. The van der Waals surface area contributed by atoms with E-state index in [2.05, 4.69) is 5.32 Å². The molecule has 0 unspecified atom stereocenters. The molecule has 1 N–H and O–H groups in total. The first-order valence-electron chi connectivity index (χ1n) is 10.1. The average Bonchev–Trinajstić information content (AvgIpc) is 3.38. The Hall–Kier alpha value is -3.66. The maximum absolute atomic E-state index is 12.7. The monoisotopic (exact) mass is 470 g/mol. The molecule has 0 saturated carbocycles. The highest BCUT2D eigenvalue weighted by Crippen LogP contribution is 2.36. The summed E-state index contributed by atoms with van der Waals surface area (Å²) in [5.74, 6) is 1.51. The van der Waals surface area contributed by atoms with Crippen molar-refractivity contribution in [2.45, 2.75) is 6.92 Å². The van der Waals surface area contributed by atoms with Crippen molar-refractivity contribution in [3.63, 3.8) is 0 Å². The molecule has 0 bridgehead atoms. The first kappa shape index (κ1) is 22.5. The normalized spacial score (nSPS) is 15.8. The van der Waals surface area contributed by atoms with Gasteiger partial charge in [0.2, 0.25) is 6.79 Å². The van der Waals surface area contributed by atoms with Crippen LogP contribution in [-0.2, 0) is 4.79 Å². The van der Waals surface area contributed by atoms with Gasteiger partial charge in [0.1, 0.15) is 11.5 Å². The lowest BCUT2D eigenvalue weighted by Gasteiger charge is -2.15. The van der Waals surface area contributed by atoms with Gasteiger partial charge in [-0.3, -0.25) is 19.3 Å². The fourth-order valence-electron chi connectivity index (χ4n) is 3.45. The van der Waals surface area contributed by atoms with Crippen LogP contribution in [0.15, 0.2) is 35.2 Å². The minimum Gasteiger partial charge on any atom is -0.496 e. The van der Waals surface area contributed by atoms with E-state index < -0.39 is 5.91 Å². The Balaban J connectivity index is 1.38. The van der Waals surface area contributed by atoms with E-state index in [0.29, 0.717) is 33.5 Å². The molecule has 33 heavy (non-hydrogen) atoms. The SMILES string of the molecule is COc1cc(C(=O)NCCN2C(=O)S/C(=C\c3ccc4c(c3)OCO4)C2=O)cc(OC)c1C. The summed E-state index contributed by atoms with van der Waals surface area (Å²) < 4.78 is 21.2. The highest BCUT2D eigenvalue weighted by atomic mass is 32.2. The topological polar surface area (TPSA) is 103 Å². The van der Waals surface area contributed by atoms with Crippen LogP contribution in [0.3, 0.4) is 0 Å². The number of rotatable bonds is 7. The molecule has 9 nitrogen and oxygen atoms in total. The second-order valence-corrected chi connectivity index (χ2v) is 8.20. The molecule has 0 aromatic heterocycles. The maximum Gasteiger partial charge on any atom is 0.293 e. The van der Waals surface area contributed by atoms with Gasteiger partial charge in [-0.05, 0) is 54.6 Å². The van der Waals surface area contributed by atoms with Crippen LogP contribution >= 0.6 is 11.8 Å². The number of benzene rings is 2. The highest BCUT2D eigenvalue weighted by Gasteiger charge is 2.34. The number of carbonyl (C=O) groups is 3. The molecule has 10 heteroatoms. The number of nitrogens with zero attached hydrogens (tertiary/aromatic N) is 1. The molecule has 2 aliphatic rings. The number of nitrogens with one attached hydrogen (secondary N) is 1. The fourth-order valence-corrected chi connectivity index (χ4v) is 4.31. The third-order valence-corrected chi connectivity index (χ3v) is 6.11. The second kappa shape index (κ2) is 9.45. The molecule has 1 saturated heterocycles. The van der Waals surface area contributed by atoms with E-state index in [1.807, 2.05) is 6.92 Å². The molecule has 172 valence electrons. The lowest BCUT2D eigenvalue weighted by Crippen LogP contribution is -2.37. The number of methoxy groups -OCH3 is 2. The van der Waals surface area contributed by atoms with Crippen LogP contribution in [-0.4, -0.2) is 56.1 Å². The van der Waals surface area contributed by atoms with E-state index in [9.17, 15) is 14.4 Å². The molecule has 0 radical (unpaired) electrons. The zero-order valence-corrected chi connectivity index (χ0v) is 19.1. The number of hydrogen-bond donors (Lipinski definition) is 1. The first-order valence-corrected chi connectivity index (χ1v) is 10.9. The summed E-state index contributed by atoms with van der Waals surface area (Å²) in [5, 5.41) is 2.34. The first-order chi connectivity index (χ1) is 15.9. The zero-order valence-electron chi connectivity index (χ0n) is 18.3. The van der Waals surface area contributed by atoms with Crippen molar-refractivity contribution in [1.29, 1.82) is 0 Å². The number of hydrogen-bond acceptors (Lipinski definition) is 8. The molecule has 0 spiro atoms. The molecule has 2 aromatic carbocycles. The third kappa shape index (κ3) is 4.61. The smallest absolute Gasteiger partial charge is 0.293 e. The number of ether oxygens (including phenoxy) is 4. The Bertz CT molecular complexity index is 1140. The minimum absolute atomic E-state index is 0.0506. The highest BCUT2D eigenvalue weighted by molar-refractivity contribution is 8.18. The van der Waals surface area contributed by atoms with Crippen LogP contribution < -0.4 is 24.3 Å². The van der Waals surface area contributed by atoms with Gasteiger partial charge < -0.3 is 24.3 Å². The van der Waals surface area contributed by atoms with Gasteiger partial charge in [-0.2, -0.15) is 0 Å². The molecule has 2 heterocycles. The van der Waals surface area contributed by atoms with Crippen molar-refractivity contribution in [1.82, 2.24) is 10.2 Å². The Kier molecular flexibility index (Phi) is 6.45. The molecule has 1 fully saturated rings. The summed E-state index contributed by atoms with van der Waals surface area (Å²) in [6, 6.07) is 8.51. The van der Waals surface area contributed by atoms with E-state index >= 15 is 0 Å². The summed E-state index contributed by atoms with van der Waals surface area (Å²) >= 11 is 0.857. The second-order valence-electron chi connectivity index (χ2n) is 7.21. The lowest BCUT2D eigenvalue weighted by atomic mass is 10.1. The van der Waals surface area contributed by atoms with Crippen molar-refractivity contribution in [3.8, 4) is 23.0 Å². The largest absolute Gasteiger partial charge is 0.496 e. The molecule has 3 amide bonds. The van der Waals surface area contributed by atoms with Crippen molar-refractivity contribution in [2.24, 2.45) is 0 Å². The van der Waals surface area contributed by atoms with E-state index in [1.165, 1.54) is 14.2 Å². The summed E-state index contributed by atoms with van der Waals surface area (Å²) in [5.41, 5.74) is 1.86. The van der Waals surface area contributed by atoms with Gasteiger partial charge in [-0.1, -0.05) is 6.07 Å².